The number of carbonyl (C=O) groups is 3. The molecule has 0 spiro atoms. The van der Waals surface area contributed by atoms with Crippen molar-refractivity contribution >= 4 is 41.1 Å². The molecule has 154 valence electrons. The second-order valence-corrected chi connectivity index (χ2v) is 7.25. The van der Waals surface area contributed by atoms with Gasteiger partial charge in [0, 0.05) is 25.6 Å². The minimum Gasteiger partial charge on any atom is -0.338 e. The van der Waals surface area contributed by atoms with Crippen molar-refractivity contribution in [2.24, 2.45) is 5.92 Å². The quantitative estimate of drug-likeness (QED) is 0.388. The van der Waals surface area contributed by atoms with Crippen LogP contribution in [0.4, 0.5) is 0 Å². The fraction of sp³-hybridized carbons (Fsp3) is 0.182. The average Bonchev–Trinajstić information content (AvgIpc) is 3.12. The van der Waals surface area contributed by atoms with Crippen LogP contribution in [0.2, 0.25) is 0 Å². The van der Waals surface area contributed by atoms with E-state index >= 15 is 0 Å². The minimum atomic E-state index is -0.481. The van der Waals surface area contributed by atoms with Gasteiger partial charge >= 0.3 is 0 Å². The zero-order valence-electron chi connectivity index (χ0n) is 16.2. The van der Waals surface area contributed by atoms with Crippen LogP contribution >= 0.6 is 12.2 Å². The van der Waals surface area contributed by atoms with Crippen molar-refractivity contribution < 1.29 is 14.4 Å². The predicted molar refractivity (Wildman–Crippen MR) is 117 cm³/mol. The monoisotopic (exact) mass is 422 g/mol. The molecule has 2 aromatic carbocycles. The molecule has 2 aromatic rings. The Kier molecular flexibility index (Phi) is 7.29. The second kappa shape index (κ2) is 10.3. The van der Waals surface area contributed by atoms with Crippen molar-refractivity contribution in [3.05, 3.63) is 77.9 Å². The van der Waals surface area contributed by atoms with E-state index in [4.69, 9.17) is 12.2 Å². The van der Waals surface area contributed by atoms with Crippen LogP contribution in [-0.4, -0.2) is 34.3 Å². The fourth-order valence-electron chi connectivity index (χ4n) is 3.05. The highest BCUT2D eigenvalue weighted by Crippen LogP contribution is 2.20. The van der Waals surface area contributed by atoms with Crippen LogP contribution in [0.15, 0.2) is 66.7 Å². The van der Waals surface area contributed by atoms with E-state index in [0.717, 1.165) is 11.1 Å². The Labute approximate surface area is 180 Å². The third-order valence-electron chi connectivity index (χ3n) is 4.56. The van der Waals surface area contributed by atoms with Gasteiger partial charge in [-0.2, -0.15) is 0 Å². The lowest BCUT2D eigenvalue weighted by Gasteiger charge is -2.17. The van der Waals surface area contributed by atoms with Crippen molar-refractivity contribution in [2.45, 2.75) is 13.0 Å². The second-order valence-electron chi connectivity index (χ2n) is 6.84. The maximum Gasteiger partial charge on any atom is 0.250 e. The van der Waals surface area contributed by atoms with Crippen molar-refractivity contribution in [3.8, 4) is 0 Å². The van der Waals surface area contributed by atoms with E-state index in [1.54, 1.807) is 11.0 Å². The molecule has 0 radical (unpaired) electrons. The first kappa shape index (κ1) is 21.2. The summed E-state index contributed by atoms with van der Waals surface area (Å²) in [5.41, 5.74) is 6.86. The number of nitrogens with one attached hydrogen (secondary N) is 3. The lowest BCUT2D eigenvalue weighted by molar-refractivity contribution is -0.129. The summed E-state index contributed by atoms with van der Waals surface area (Å²) in [6.07, 6.45) is 3.14. The van der Waals surface area contributed by atoms with Crippen LogP contribution in [0.25, 0.3) is 6.08 Å². The van der Waals surface area contributed by atoms with Crippen LogP contribution < -0.4 is 16.2 Å². The molecule has 1 heterocycles. The van der Waals surface area contributed by atoms with Crippen LogP contribution in [0.5, 0.6) is 0 Å². The van der Waals surface area contributed by atoms with Gasteiger partial charge in [0.1, 0.15) is 0 Å². The Morgan fingerprint density at radius 2 is 1.70 bits per heavy atom. The lowest BCUT2D eigenvalue weighted by Crippen LogP contribution is -2.50. The normalized spacial score (nSPS) is 15.8. The standard InChI is InChI=1S/C22H22N4O3S/c27-19(12-11-16-7-3-1-4-8-16)23-22(30)25-24-21(29)18-13-20(28)26(15-18)14-17-9-5-2-6-10-17/h1-12,18H,13-15H2,(H,24,29)(H2,23,25,27,30)/b12-11+. The first-order valence-corrected chi connectivity index (χ1v) is 9.88. The van der Waals surface area contributed by atoms with Crippen LogP contribution in [0, 0.1) is 5.92 Å². The number of hydrogen-bond donors (Lipinski definition) is 3. The van der Waals surface area contributed by atoms with Gasteiger partial charge in [-0.3, -0.25) is 30.6 Å². The molecule has 1 saturated heterocycles. The Morgan fingerprint density at radius 3 is 2.40 bits per heavy atom. The highest BCUT2D eigenvalue weighted by molar-refractivity contribution is 7.80. The smallest absolute Gasteiger partial charge is 0.250 e. The molecule has 1 unspecified atom stereocenters. The molecular formula is C22H22N4O3S. The first-order valence-electron chi connectivity index (χ1n) is 9.47. The third kappa shape index (κ3) is 6.25. The summed E-state index contributed by atoms with van der Waals surface area (Å²) >= 11 is 5.02. The van der Waals surface area contributed by atoms with Crippen molar-refractivity contribution in [1.82, 2.24) is 21.1 Å². The van der Waals surface area contributed by atoms with Gasteiger partial charge in [-0.15, -0.1) is 0 Å². The summed E-state index contributed by atoms with van der Waals surface area (Å²) in [5, 5.41) is 2.42. The van der Waals surface area contributed by atoms with Crippen molar-refractivity contribution in [2.75, 3.05) is 6.54 Å². The van der Waals surface area contributed by atoms with E-state index in [2.05, 4.69) is 16.2 Å². The van der Waals surface area contributed by atoms with Gasteiger partial charge < -0.3 is 4.90 Å². The largest absolute Gasteiger partial charge is 0.338 e. The molecule has 3 rings (SSSR count). The summed E-state index contributed by atoms with van der Waals surface area (Å²) < 4.78 is 0. The molecule has 1 atom stereocenters. The molecule has 0 aliphatic carbocycles. The van der Waals surface area contributed by atoms with Crippen LogP contribution in [0.3, 0.4) is 0 Å². The van der Waals surface area contributed by atoms with E-state index < -0.39 is 11.8 Å². The fourth-order valence-corrected chi connectivity index (χ4v) is 3.20. The number of carbonyl (C=O) groups excluding carboxylic acids is 3. The van der Waals surface area contributed by atoms with Gasteiger partial charge in [0.05, 0.1) is 5.92 Å². The Hall–Kier alpha value is -3.52. The predicted octanol–water partition coefficient (Wildman–Crippen LogP) is 1.77. The van der Waals surface area contributed by atoms with Gasteiger partial charge in [-0.05, 0) is 29.4 Å². The molecule has 3 amide bonds. The molecule has 0 bridgehead atoms. The maximum absolute atomic E-state index is 12.4. The lowest BCUT2D eigenvalue weighted by atomic mass is 10.1. The van der Waals surface area contributed by atoms with E-state index in [-0.39, 0.29) is 23.3 Å². The Balaban J connectivity index is 1.41. The zero-order valence-corrected chi connectivity index (χ0v) is 17.0. The summed E-state index contributed by atoms with van der Waals surface area (Å²) in [6.45, 7) is 0.805. The van der Waals surface area contributed by atoms with Gasteiger partial charge in [-0.25, -0.2) is 0 Å². The Bertz CT molecular complexity index is 947. The van der Waals surface area contributed by atoms with Crippen molar-refractivity contribution in [1.29, 1.82) is 0 Å². The van der Waals surface area contributed by atoms with E-state index in [9.17, 15) is 14.4 Å². The summed E-state index contributed by atoms with van der Waals surface area (Å²) in [6, 6.07) is 19.0. The molecule has 0 saturated carbocycles. The molecule has 3 N–H and O–H groups in total. The summed E-state index contributed by atoms with van der Waals surface area (Å²) in [5.74, 6) is -1.32. The summed E-state index contributed by atoms with van der Waals surface area (Å²) in [7, 11) is 0. The van der Waals surface area contributed by atoms with E-state index in [0.29, 0.717) is 13.1 Å². The average molecular weight is 423 g/mol. The molecule has 0 aromatic heterocycles. The van der Waals surface area contributed by atoms with E-state index in [1.165, 1.54) is 6.08 Å². The first-order chi connectivity index (χ1) is 14.5. The molecule has 30 heavy (non-hydrogen) atoms. The summed E-state index contributed by atoms with van der Waals surface area (Å²) in [4.78, 5) is 38.1. The van der Waals surface area contributed by atoms with Gasteiger partial charge in [0.15, 0.2) is 5.11 Å². The number of hydrogen-bond acceptors (Lipinski definition) is 4. The number of thiocarbonyl (C=S) groups is 1. The van der Waals surface area contributed by atoms with Gasteiger partial charge in [-0.1, -0.05) is 60.7 Å². The topological polar surface area (TPSA) is 90.5 Å². The van der Waals surface area contributed by atoms with Crippen LogP contribution in [-0.2, 0) is 20.9 Å². The highest BCUT2D eigenvalue weighted by Gasteiger charge is 2.34. The number of hydrazine groups is 1. The third-order valence-corrected chi connectivity index (χ3v) is 4.77. The minimum absolute atomic E-state index is 0.0310. The number of rotatable bonds is 5. The van der Waals surface area contributed by atoms with E-state index in [1.807, 2.05) is 60.7 Å². The molecule has 1 aliphatic rings. The maximum atomic E-state index is 12.4. The number of likely N-dealkylation sites (tertiary alicyclic amines) is 1. The number of benzene rings is 2. The SMILES string of the molecule is O=C(/C=C/c1ccccc1)NC(=S)NNC(=O)C1CC(=O)N(Cc2ccccc2)C1. The highest BCUT2D eigenvalue weighted by atomic mass is 32.1. The molecule has 7 nitrogen and oxygen atoms in total. The number of nitrogens with zero attached hydrogens (tertiary/aromatic N) is 1. The Morgan fingerprint density at radius 1 is 1.03 bits per heavy atom. The van der Waals surface area contributed by atoms with Gasteiger partial charge in [0.2, 0.25) is 17.7 Å². The molecule has 8 heteroatoms. The zero-order chi connectivity index (χ0) is 21.3. The van der Waals surface area contributed by atoms with Crippen LogP contribution in [0.1, 0.15) is 17.5 Å². The number of amides is 3. The van der Waals surface area contributed by atoms with Gasteiger partial charge in [0.25, 0.3) is 0 Å². The van der Waals surface area contributed by atoms with Crippen molar-refractivity contribution in [3.63, 3.8) is 0 Å². The molecular weight excluding hydrogens is 400 g/mol. The molecule has 1 aliphatic heterocycles. The molecule has 1 fully saturated rings.